The first kappa shape index (κ1) is 9.03. The SMILES string of the molecule is O=c1ccccn1-c1cccc(Cl)c1. The van der Waals surface area contributed by atoms with Crippen LogP contribution >= 0.6 is 11.6 Å². The molecule has 1 aromatic heterocycles. The Balaban J connectivity index is 2.61. The lowest BCUT2D eigenvalue weighted by molar-refractivity contribution is 0.991. The molecule has 0 N–H and O–H groups in total. The number of halogens is 1. The highest BCUT2D eigenvalue weighted by Gasteiger charge is 1.97. The smallest absolute Gasteiger partial charge is 0.255 e. The van der Waals surface area contributed by atoms with E-state index in [0.717, 1.165) is 5.69 Å². The third-order valence-electron chi connectivity index (χ3n) is 1.91. The molecule has 0 aliphatic rings. The molecule has 1 heterocycles. The van der Waals surface area contributed by atoms with Gasteiger partial charge in [-0.15, -0.1) is 0 Å². The van der Waals surface area contributed by atoms with E-state index in [9.17, 15) is 4.79 Å². The van der Waals surface area contributed by atoms with Crippen LogP contribution in [0.1, 0.15) is 0 Å². The van der Waals surface area contributed by atoms with Crippen LogP contribution in [0, 0.1) is 0 Å². The Bertz CT molecular complexity index is 504. The van der Waals surface area contributed by atoms with Crippen LogP contribution in [0.5, 0.6) is 0 Å². The van der Waals surface area contributed by atoms with E-state index < -0.39 is 0 Å². The summed E-state index contributed by atoms with van der Waals surface area (Å²) in [7, 11) is 0. The van der Waals surface area contributed by atoms with Gasteiger partial charge in [-0.05, 0) is 24.3 Å². The van der Waals surface area contributed by atoms with E-state index in [4.69, 9.17) is 11.6 Å². The van der Waals surface area contributed by atoms with Crippen LogP contribution in [0.25, 0.3) is 5.69 Å². The Kier molecular flexibility index (Phi) is 2.37. The van der Waals surface area contributed by atoms with Crippen LogP contribution in [0.4, 0.5) is 0 Å². The molecule has 0 amide bonds. The molecule has 0 aliphatic carbocycles. The van der Waals surface area contributed by atoms with Gasteiger partial charge in [0.05, 0.1) is 5.69 Å². The summed E-state index contributed by atoms with van der Waals surface area (Å²) in [5, 5.41) is 0.623. The molecule has 0 saturated carbocycles. The van der Waals surface area contributed by atoms with Crippen molar-refractivity contribution < 1.29 is 0 Å². The molecule has 0 atom stereocenters. The summed E-state index contributed by atoms with van der Waals surface area (Å²) < 4.78 is 1.55. The van der Waals surface area contributed by atoms with Gasteiger partial charge in [0.15, 0.2) is 0 Å². The summed E-state index contributed by atoms with van der Waals surface area (Å²) in [5.74, 6) is 0. The largest absolute Gasteiger partial charge is 0.284 e. The molecule has 0 saturated heterocycles. The first-order chi connectivity index (χ1) is 6.77. The first-order valence-corrected chi connectivity index (χ1v) is 4.59. The predicted molar refractivity (Wildman–Crippen MR) is 57.0 cm³/mol. The van der Waals surface area contributed by atoms with Gasteiger partial charge in [0.2, 0.25) is 0 Å². The van der Waals surface area contributed by atoms with Gasteiger partial charge in [-0.25, -0.2) is 0 Å². The van der Waals surface area contributed by atoms with Crippen molar-refractivity contribution in [2.75, 3.05) is 0 Å². The van der Waals surface area contributed by atoms with Crippen molar-refractivity contribution in [2.24, 2.45) is 0 Å². The van der Waals surface area contributed by atoms with Gasteiger partial charge < -0.3 is 0 Å². The van der Waals surface area contributed by atoms with Gasteiger partial charge in [0.1, 0.15) is 0 Å². The van der Waals surface area contributed by atoms with Gasteiger partial charge in [-0.2, -0.15) is 0 Å². The van der Waals surface area contributed by atoms with Gasteiger partial charge in [-0.1, -0.05) is 23.7 Å². The average molecular weight is 206 g/mol. The fourth-order valence-corrected chi connectivity index (χ4v) is 1.45. The van der Waals surface area contributed by atoms with Crippen LogP contribution in [0.3, 0.4) is 0 Å². The molecule has 14 heavy (non-hydrogen) atoms. The van der Waals surface area contributed by atoms with Crippen molar-refractivity contribution in [1.82, 2.24) is 4.57 Å². The number of aromatic nitrogens is 1. The lowest BCUT2D eigenvalue weighted by atomic mass is 10.3. The zero-order chi connectivity index (χ0) is 9.97. The number of rotatable bonds is 1. The zero-order valence-electron chi connectivity index (χ0n) is 7.35. The van der Waals surface area contributed by atoms with Gasteiger partial charge in [0.25, 0.3) is 5.56 Å². The summed E-state index contributed by atoms with van der Waals surface area (Å²) in [6.45, 7) is 0. The minimum Gasteiger partial charge on any atom is -0.284 e. The molecule has 0 unspecified atom stereocenters. The highest BCUT2D eigenvalue weighted by Crippen LogP contribution is 2.12. The summed E-state index contributed by atoms with van der Waals surface area (Å²) >= 11 is 5.83. The van der Waals surface area contributed by atoms with Crippen LogP contribution in [-0.4, -0.2) is 4.57 Å². The summed E-state index contributed by atoms with van der Waals surface area (Å²) in [6.07, 6.45) is 1.72. The standard InChI is InChI=1S/C11H8ClNO/c12-9-4-3-5-10(8-9)13-7-2-1-6-11(13)14/h1-8H. The van der Waals surface area contributed by atoms with Gasteiger partial charge in [0, 0.05) is 17.3 Å². The second-order valence-electron chi connectivity index (χ2n) is 2.89. The van der Waals surface area contributed by atoms with E-state index in [1.54, 1.807) is 29.0 Å². The van der Waals surface area contributed by atoms with E-state index in [1.807, 2.05) is 18.2 Å². The highest BCUT2D eigenvalue weighted by atomic mass is 35.5. The normalized spacial score (nSPS) is 10.1. The Morgan fingerprint density at radius 2 is 1.93 bits per heavy atom. The lowest BCUT2D eigenvalue weighted by Crippen LogP contribution is -2.15. The quantitative estimate of drug-likeness (QED) is 0.701. The molecule has 2 rings (SSSR count). The van der Waals surface area contributed by atoms with E-state index in [1.165, 1.54) is 6.07 Å². The first-order valence-electron chi connectivity index (χ1n) is 4.21. The van der Waals surface area contributed by atoms with E-state index in [2.05, 4.69) is 0 Å². The Hall–Kier alpha value is -1.54. The van der Waals surface area contributed by atoms with Crippen molar-refractivity contribution in [2.45, 2.75) is 0 Å². The Morgan fingerprint density at radius 3 is 2.64 bits per heavy atom. The van der Waals surface area contributed by atoms with E-state index in [-0.39, 0.29) is 5.56 Å². The predicted octanol–water partition coefficient (Wildman–Crippen LogP) is 2.49. The maximum absolute atomic E-state index is 11.5. The van der Waals surface area contributed by atoms with Crippen molar-refractivity contribution in [3.63, 3.8) is 0 Å². The minimum absolute atomic E-state index is 0.0604. The van der Waals surface area contributed by atoms with Gasteiger partial charge >= 0.3 is 0 Å². The molecule has 2 nitrogen and oxygen atoms in total. The third kappa shape index (κ3) is 1.70. The van der Waals surface area contributed by atoms with E-state index in [0.29, 0.717) is 5.02 Å². The van der Waals surface area contributed by atoms with Crippen LogP contribution in [0.15, 0.2) is 53.5 Å². The number of hydrogen-bond donors (Lipinski definition) is 0. The van der Waals surface area contributed by atoms with Crippen molar-refractivity contribution in [1.29, 1.82) is 0 Å². The molecule has 1 aromatic carbocycles. The second kappa shape index (κ2) is 3.68. The highest BCUT2D eigenvalue weighted by molar-refractivity contribution is 6.30. The lowest BCUT2D eigenvalue weighted by Gasteiger charge is -2.04. The fraction of sp³-hybridized carbons (Fsp3) is 0. The monoisotopic (exact) mass is 205 g/mol. The maximum atomic E-state index is 11.5. The molecular formula is C11H8ClNO. The molecule has 0 bridgehead atoms. The van der Waals surface area contributed by atoms with Crippen LogP contribution in [-0.2, 0) is 0 Å². The topological polar surface area (TPSA) is 22.0 Å². The molecule has 70 valence electrons. The van der Waals surface area contributed by atoms with Crippen molar-refractivity contribution >= 4 is 11.6 Å². The third-order valence-corrected chi connectivity index (χ3v) is 2.14. The Morgan fingerprint density at radius 1 is 1.07 bits per heavy atom. The molecule has 3 heteroatoms. The minimum atomic E-state index is -0.0604. The van der Waals surface area contributed by atoms with E-state index >= 15 is 0 Å². The number of pyridine rings is 1. The molecule has 0 spiro atoms. The number of hydrogen-bond acceptors (Lipinski definition) is 1. The average Bonchev–Trinajstić information content (AvgIpc) is 2.18. The molecule has 0 fully saturated rings. The summed E-state index contributed by atoms with van der Waals surface area (Å²) in [4.78, 5) is 11.5. The fourth-order valence-electron chi connectivity index (χ4n) is 1.27. The number of benzene rings is 1. The molecule has 2 aromatic rings. The van der Waals surface area contributed by atoms with Crippen molar-refractivity contribution in [3.8, 4) is 5.69 Å². The summed E-state index contributed by atoms with van der Waals surface area (Å²) in [5.41, 5.74) is 0.720. The van der Waals surface area contributed by atoms with Gasteiger partial charge in [-0.3, -0.25) is 9.36 Å². The van der Waals surface area contributed by atoms with Crippen LogP contribution in [0.2, 0.25) is 5.02 Å². The number of nitrogens with zero attached hydrogens (tertiary/aromatic N) is 1. The summed E-state index contributed by atoms with van der Waals surface area (Å²) in [6, 6.07) is 12.2. The van der Waals surface area contributed by atoms with Crippen molar-refractivity contribution in [3.05, 3.63) is 64.0 Å². The zero-order valence-corrected chi connectivity index (χ0v) is 8.11. The molecule has 0 radical (unpaired) electrons. The molecular weight excluding hydrogens is 198 g/mol. The molecule has 0 aliphatic heterocycles. The van der Waals surface area contributed by atoms with Crippen LogP contribution < -0.4 is 5.56 Å². The maximum Gasteiger partial charge on any atom is 0.255 e. The second-order valence-corrected chi connectivity index (χ2v) is 3.33. The Labute approximate surface area is 86.4 Å².